The molecule has 0 amide bonds. The van der Waals surface area contributed by atoms with Crippen molar-refractivity contribution in [2.75, 3.05) is 6.61 Å². The van der Waals surface area contributed by atoms with E-state index in [1.54, 1.807) is 19.1 Å². The van der Waals surface area contributed by atoms with E-state index in [1.165, 1.54) is 18.1 Å². The Hall–Kier alpha value is -1.40. The third kappa shape index (κ3) is 4.77. The molecular formula is C22H34O5S. The zero-order valence-corrected chi connectivity index (χ0v) is 18.7. The summed E-state index contributed by atoms with van der Waals surface area (Å²) in [5.74, 6) is -0.415. The van der Waals surface area contributed by atoms with E-state index in [9.17, 15) is 18.3 Å². The number of rotatable bonds is 6. The van der Waals surface area contributed by atoms with Gasteiger partial charge < -0.3 is 9.84 Å². The molecule has 1 heterocycles. The van der Waals surface area contributed by atoms with Crippen molar-refractivity contribution in [3.05, 3.63) is 34.4 Å². The first-order valence-corrected chi connectivity index (χ1v) is 11.6. The van der Waals surface area contributed by atoms with Gasteiger partial charge >= 0.3 is 5.97 Å². The molecule has 0 aromatic carbocycles. The van der Waals surface area contributed by atoms with E-state index in [4.69, 9.17) is 4.74 Å². The molecule has 3 unspecified atom stereocenters. The molecule has 1 aliphatic heterocycles. The summed E-state index contributed by atoms with van der Waals surface area (Å²) in [5, 5.41) is 9.12. The van der Waals surface area contributed by atoms with E-state index in [-0.39, 0.29) is 12.0 Å². The van der Waals surface area contributed by atoms with Gasteiger partial charge in [-0.2, -0.15) is 0 Å². The number of aliphatic hydroxyl groups excluding tert-OH is 1. The van der Waals surface area contributed by atoms with Crippen LogP contribution < -0.4 is 0 Å². The predicted octanol–water partition coefficient (Wildman–Crippen LogP) is 3.89. The van der Waals surface area contributed by atoms with Crippen molar-refractivity contribution in [3.63, 3.8) is 0 Å². The van der Waals surface area contributed by atoms with Gasteiger partial charge in [0.25, 0.3) is 0 Å². The Balaban J connectivity index is 2.21. The summed E-state index contributed by atoms with van der Waals surface area (Å²) in [5.41, 5.74) is 3.97. The highest BCUT2D eigenvalue weighted by Crippen LogP contribution is 2.43. The van der Waals surface area contributed by atoms with E-state index in [0.717, 1.165) is 24.8 Å². The zero-order valence-electron chi connectivity index (χ0n) is 17.9. The number of hydrogen-bond acceptors (Lipinski definition) is 5. The number of ether oxygens (including phenoxy) is 1. The van der Waals surface area contributed by atoms with Crippen molar-refractivity contribution in [2.45, 2.75) is 83.8 Å². The summed E-state index contributed by atoms with van der Waals surface area (Å²) in [6.07, 6.45) is 5.79. The summed E-state index contributed by atoms with van der Waals surface area (Å²) >= 11 is 0. The number of sulfone groups is 1. The first kappa shape index (κ1) is 22.9. The van der Waals surface area contributed by atoms with Crippen LogP contribution in [0.25, 0.3) is 0 Å². The quantitative estimate of drug-likeness (QED) is 0.531. The maximum atomic E-state index is 13.2. The number of aliphatic hydroxyl groups is 1. The molecule has 0 aromatic rings. The molecular weight excluding hydrogens is 376 g/mol. The Morgan fingerprint density at radius 1 is 1.36 bits per heavy atom. The van der Waals surface area contributed by atoms with Gasteiger partial charge in [0.05, 0.1) is 11.4 Å². The Morgan fingerprint density at radius 3 is 2.61 bits per heavy atom. The van der Waals surface area contributed by atoms with Crippen LogP contribution in [0.1, 0.15) is 67.2 Å². The average Bonchev–Trinajstić information content (AvgIpc) is 2.80. The Bertz CT molecular complexity index is 814. The lowest BCUT2D eigenvalue weighted by Gasteiger charge is -2.34. The fourth-order valence-electron chi connectivity index (χ4n) is 4.20. The molecule has 1 aliphatic carbocycles. The van der Waals surface area contributed by atoms with Gasteiger partial charge in [0.1, 0.15) is 11.9 Å². The van der Waals surface area contributed by atoms with Crippen molar-refractivity contribution in [1.82, 2.24) is 0 Å². The van der Waals surface area contributed by atoms with Crippen LogP contribution in [0.15, 0.2) is 34.4 Å². The van der Waals surface area contributed by atoms with Gasteiger partial charge in [0.15, 0.2) is 9.84 Å². The summed E-state index contributed by atoms with van der Waals surface area (Å²) in [4.78, 5) is 10.9. The monoisotopic (exact) mass is 410 g/mol. The second-order valence-electron chi connectivity index (χ2n) is 8.82. The van der Waals surface area contributed by atoms with Crippen LogP contribution in [0, 0.1) is 5.41 Å². The van der Waals surface area contributed by atoms with Gasteiger partial charge in [-0.05, 0) is 63.5 Å². The minimum atomic E-state index is -3.55. The normalized spacial score (nSPS) is 28.1. The lowest BCUT2D eigenvalue weighted by atomic mass is 9.72. The maximum absolute atomic E-state index is 13.2. The van der Waals surface area contributed by atoms with Gasteiger partial charge in [-0.15, -0.1) is 0 Å². The second-order valence-corrected chi connectivity index (χ2v) is 11.1. The predicted molar refractivity (Wildman–Crippen MR) is 112 cm³/mol. The van der Waals surface area contributed by atoms with Crippen LogP contribution in [0.5, 0.6) is 0 Å². The Morgan fingerprint density at radius 2 is 2.00 bits per heavy atom. The summed E-state index contributed by atoms with van der Waals surface area (Å²) in [6.45, 7) is 11.4. The highest BCUT2D eigenvalue weighted by molar-refractivity contribution is 7.93. The van der Waals surface area contributed by atoms with Crippen LogP contribution >= 0.6 is 0 Å². The first-order valence-electron chi connectivity index (χ1n) is 9.96. The third-order valence-electron chi connectivity index (χ3n) is 6.44. The minimum Gasteiger partial charge on any atom is -0.462 e. The number of carbonyl (C=O) groups is 1. The van der Waals surface area contributed by atoms with Gasteiger partial charge in [0, 0.05) is 6.92 Å². The van der Waals surface area contributed by atoms with Gasteiger partial charge in [-0.3, -0.25) is 4.79 Å². The highest BCUT2D eigenvalue weighted by atomic mass is 32.2. The molecule has 0 spiro atoms. The second kappa shape index (κ2) is 8.54. The molecule has 28 heavy (non-hydrogen) atoms. The molecule has 0 fully saturated rings. The number of esters is 1. The lowest BCUT2D eigenvalue weighted by Crippen LogP contribution is -2.35. The summed E-state index contributed by atoms with van der Waals surface area (Å²) in [7, 11) is -3.55. The molecule has 0 radical (unpaired) electrons. The maximum Gasteiger partial charge on any atom is 0.302 e. The van der Waals surface area contributed by atoms with Crippen LogP contribution in [-0.4, -0.2) is 42.7 Å². The molecule has 2 aliphatic rings. The smallest absolute Gasteiger partial charge is 0.302 e. The van der Waals surface area contributed by atoms with Gasteiger partial charge in [-0.25, -0.2) is 8.42 Å². The fourth-order valence-corrected chi connectivity index (χ4v) is 6.59. The zero-order chi connectivity index (χ0) is 21.3. The summed E-state index contributed by atoms with van der Waals surface area (Å²) < 4.78 is 31.3. The standard InChI is InChI=1S/C22H34O5S/c1-14(9-11-27-17(4)23)21(24)20-12-15(2)19(28(20,25)26)13-18-8-7-10-22(5,6)16(18)3/h9,12,19-21,24H,7-8,10-11,13H2,1-6H3. The van der Waals surface area contributed by atoms with Crippen molar-refractivity contribution in [2.24, 2.45) is 5.41 Å². The van der Waals surface area contributed by atoms with Crippen molar-refractivity contribution in [3.8, 4) is 0 Å². The molecule has 1 N–H and O–H groups in total. The van der Waals surface area contributed by atoms with Gasteiger partial charge in [0.2, 0.25) is 0 Å². The fraction of sp³-hybridized carbons (Fsp3) is 0.682. The average molecular weight is 411 g/mol. The van der Waals surface area contributed by atoms with E-state index in [1.807, 2.05) is 6.92 Å². The van der Waals surface area contributed by atoms with Crippen LogP contribution in [0.3, 0.4) is 0 Å². The number of carbonyl (C=O) groups excluding carboxylic acids is 1. The third-order valence-corrected chi connectivity index (χ3v) is 8.92. The molecule has 0 saturated carbocycles. The SMILES string of the molecule is CC(=O)OCC=C(C)C(O)C1C=C(C)C(CC2=C(C)C(C)(C)CCC2)S1(=O)=O. The van der Waals surface area contributed by atoms with Crippen LogP contribution in [0.2, 0.25) is 0 Å². The Kier molecular flexibility index (Phi) is 6.98. The number of allylic oxidation sites excluding steroid dienone is 2. The molecule has 5 nitrogen and oxygen atoms in total. The molecule has 0 saturated heterocycles. The highest BCUT2D eigenvalue weighted by Gasteiger charge is 2.44. The Labute approximate surface area is 169 Å². The van der Waals surface area contributed by atoms with E-state index < -0.39 is 32.4 Å². The van der Waals surface area contributed by atoms with Crippen LogP contribution in [-0.2, 0) is 19.4 Å². The molecule has 6 heteroatoms. The summed E-state index contributed by atoms with van der Waals surface area (Å²) in [6, 6.07) is 0. The first-order chi connectivity index (χ1) is 12.9. The molecule has 158 valence electrons. The van der Waals surface area contributed by atoms with Crippen LogP contribution in [0.4, 0.5) is 0 Å². The van der Waals surface area contributed by atoms with Crippen molar-refractivity contribution < 1.29 is 23.1 Å². The largest absolute Gasteiger partial charge is 0.462 e. The molecule has 2 rings (SSSR count). The lowest BCUT2D eigenvalue weighted by molar-refractivity contribution is -0.139. The van der Waals surface area contributed by atoms with Gasteiger partial charge in [-0.1, -0.05) is 36.6 Å². The topological polar surface area (TPSA) is 80.7 Å². The molecule has 0 aromatic heterocycles. The number of hydrogen-bond donors (Lipinski definition) is 1. The van der Waals surface area contributed by atoms with Crippen molar-refractivity contribution in [1.29, 1.82) is 0 Å². The minimum absolute atomic E-state index is 0.0261. The molecule has 0 bridgehead atoms. The van der Waals surface area contributed by atoms with E-state index in [0.29, 0.717) is 12.0 Å². The molecule has 3 atom stereocenters. The van der Waals surface area contributed by atoms with E-state index >= 15 is 0 Å². The van der Waals surface area contributed by atoms with E-state index in [2.05, 4.69) is 20.8 Å². The van der Waals surface area contributed by atoms with Crippen molar-refractivity contribution >= 4 is 15.8 Å².